The molecule has 2 atom stereocenters. The van der Waals surface area contributed by atoms with Crippen LogP contribution < -0.4 is 5.73 Å². The number of rotatable bonds is 4. The first-order valence-corrected chi connectivity index (χ1v) is 6.74. The van der Waals surface area contributed by atoms with Crippen molar-refractivity contribution in [3.8, 4) is 0 Å². The fourth-order valence-electron chi connectivity index (χ4n) is 1.06. The predicted octanol–water partition coefficient (Wildman–Crippen LogP) is 2.18. The van der Waals surface area contributed by atoms with Gasteiger partial charge in [0.05, 0.1) is 10.2 Å². The first-order chi connectivity index (χ1) is 7.06. The monoisotopic (exact) mass is 293 g/mol. The summed E-state index contributed by atoms with van der Waals surface area (Å²) >= 11 is 3.14. The minimum atomic E-state index is -1.06. The van der Waals surface area contributed by atoms with Crippen LogP contribution in [0.1, 0.15) is 12.5 Å². The van der Waals surface area contributed by atoms with Crippen LogP contribution in [0.5, 0.6) is 0 Å². The van der Waals surface area contributed by atoms with Gasteiger partial charge in [-0.3, -0.25) is 4.21 Å². The lowest BCUT2D eigenvalue weighted by molar-refractivity contribution is 0.619. The third-order valence-electron chi connectivity index (χ3n) is 2.11. The Labute approximate surface area is 99.6 Å². The quantitative estimate of drug-likeness (QED) is 0.925. The first-order valence-electron chi connectivity index (χ1n) is 4.56. The molecule has 1 aromatic carbocycles. The molecule has 5 heteroatoms. The molecule has 0 aliphatic rings. The molecule has 0 saturated heterocycles. The highest BCUT2D eigenvalue weighted by Crippen LogP contribution is 2.22. The fourth-order valence-corrected chi connectivity index (χ4v) is 2.70. The van der Waals surface area contributed by atoms with Gasteiger partial charge in [0.25, 0.3) is 0 Å². The lowest BCUT2D eigenvalue weighted by Gasteiger charge is -2.09. The molecule has 1 rings (SSSR count). The molecule has 0 amide bonds. The summed E-state index contributed by atoms with van der Waals surface area (Å²) in [5.74, 6) is 0.00127. The molecule has 1 aromatic rings. The lowest BCUT2D eigenvalue weighted by Crippen LogP contribution is -2.22. The van der Waals surface area contributed by atoms with E-state index in [1.807, 2.05) is 6.92 Å². The summed E-state index contributed by atoms with van der Waals surface area (Å²) in [5.41, 5.74) is 6.13. The SMILES string of the molecule is CC(CN)S(=O)Cc1cccc(F)c1Br. The average Bonchev–Trinajstić information content (AvgIpc) is 2.23. The van der Waals surface area contributed by atoms with E-state index >= 15 is 0 Å². The minimum Gasteiger partial charge on any atom is -0.329 e. The van der Waals surface area contributed by atoms with Gasteiger partial charge in [-0.2, -0.15) is 0 Å². The number of benzene rings is 1. The lowest BCUT2D eigenvalue weighted by atomic mass is 10.2. The van der Waals surface area contributed by atoms with E-state index in [0.29, 0.717) is 22.3 Å². The standard InChI is InChI=1S/C10H13BrFNOS/c1-7(5-13)15(14)6-8-3-2-4-9(12)10(8)11/h2-4,7H,5-6,13H2,1H3. The van der Waals surface area contributed by atoms with Crippen LogP contribution in [0, 0.1) is 5.82 Å². The number of hydrogen-bond donors (Lipinski definition) is 1. The zero-order valence-corrected chi connectivity index (χ0v) is 10.8. The Morgan fingerprint density at radius 3 is 2.87 bits per heavy atom. The second-order valence-electron chi connectivity index (χ2n) is 3.28. The maximum atomic E-state index is 13.1. The molecule has 2 nitrogen and oxygen atoms in total. The Morgan fingerprint density at radius 2 is 2.27 bits per heavy atom. The molecule has 2 unspecified atom stereocenters. The highest BCUT2D eigenvalue weighted by molar-refractivity contribution is 9.10. The van der Waals surface area contributed by atoms with Gasteiger partial charge in [-0.15, -0.1) is 0 Å². The summed E-state index contributed by atoms with van der Waals surface area (Å²) in [5, 5.41) is -0.0693. The maximum Gasteiger partial charge on any atom is 0.137 e. The summed E-state index contributed by atoms with van der Waals surface area (Å²) in [6, 6.07) is 4.73. The predicted molar refractivity (Wildman–Crippen MR) is 64.5 cm³/mol. The fraction of sp³-hybridized carbons (Fsp3) is 0.400. The van der Waals surface area contributed by atoms with Crippen molar-refractivity contribution in [3.05, 3.63) is 34.1 Å². The first kappa shape index (κ1) is 12.8. The van der Waals surface area contributed by atoms with Crippen molar-refractivity contribution in [3.63, 3.8) is 0 Å². The van der Waals surface area contributed by atoms with Crippen molar-refractivity contribution in [1.29, 1.82) is 0 Å². The highest BCUT2D eigenvalue weighted by Gasteiger charge is 2.13. The van der Waals surface area contributed by atoms with Gasteiger partial charge in [0.2, 0.25) is 0 Å². The van der Waals surface area contributed by atoms with Crippen molar-refractivity contribution in [2.75, 3.05) is 6.54 Å². The van der Waals surface area contributed by atoms with Gasteiger partial charge < -0.3 is 5.73 Å². The molecule has 0 aliphatic heterocycles. The molecule has 0 aliphatic carbocycles. The Kier molecular flexibility index (Phi) is 4.89. The molecular formula is C10H13BrFNOS. The summed E-state index contributed by atoms with van der Waals surface area (Å²) in [6.45, 7) is 2.20. The van der Waals surface area contributed by atoms with Crippen LogP contribution in [-0.2, 0) is 16.6 Å². The van der Waals surface area contributed by atoms with Gasteiger partial charge in [0.1, 0.15) is 5.82 Å². The van der Waals surface area contributed by atoms with Crippen LogP contribution in [0.2, 0.25) is 0 Å². The summed E-state index contributed by atoms with van der Waals surface area (Å²) < 4.78 is 25.2. The van der Waals surface area contributed by atoms with Gasteiger partial charge in [0.15, 0.2) is 0 Å². The highest BCUT2D eigenvalue weighted by atomic mass is 79.9. The van der Waals surface area contributed by atoms with E-state index < -0.39 is 10.8 Å². The van der Waals surface area contributed by atoms with E-state index in [-0.39, 0.29) is 11.1 Å². The third kappa shape index (κ3) is 3.36. The topological polar surface area (TPSA) is 43.1 Å². The van der Waals surface area contributed by atoms with E-state index in [1.165, 1.54) is 6.07 Å². The van der Waals surface area contributed by atoms with E-state index in [4.69, 9.17) is 5.73 Å². The second kappa shape index (κ2) is 5.72. The Bertz CT molecular complexity index is 372. The van der Waals surface area contributed by atoms with Crippen molar-refractivity contribution in [1.82, 2.24) is 0 Å². The van der Waals surface area contributed by atoms with Gasteiger partial charge in [0, 0.05) is 22.6 Å². The molecule has 0 bridgehead atoms. The van der Waals surface area contributed by atoms with Crippen LogP contribution >= 0.6 is 15.9 Å². The molecule has 0 heterocycles. The van der Waals surface area contributed by atoms with Crippen LogP contribution in [-0.4, -0.2) is 16.0 Å². The van der Waals surface area contributed by atoms with E-state index in [0.717, 1.165) is 0 Å². The summed E-state index contributed by atoms with van der Waals surface area (Å²) in [6.07, 6.45) is 0. The average molecular weight is 294 g/mol. The zero-order chi connectivity index (χ0) is 11.4. The molecule has 15 heavy (non-hydrogen) atoms. The summed E-state index contributed by atoms with van der Waals surface area (Å²) in [4.78, 5) is 0. The van der Waals surface area contributed by atoms with E-state index in [1.54, 1.807) is 12.1 Å². The molecule has 0 fully saturated rings. The molecule has 0 spiro atoms. The Morgan fingerprint density at radius 1 is 1.60 bits per heavy atom. The molecule has 0 aromatic heterocycles. The molecule has 0 saturated carbocycles. The maximum absolute atomic E-state index is 13.1. The molecule has 2 N–H and O–H groups in total. The summed E-state index contributed by atoms with van der Waals surface area (Å²) in [7, 11) is -1.06. The largest absolute Gasteiger partial charge is 0.329 e. The molecule has 0 radical (unpaired) electrons. The zero-order valence-electron chi connectivity index (χ0n) is 8.37. The molecular weight excluding hydrogens is 281 g/mol. The molecule has 84 valence electrons. The Balaban J connectivity index is 2.81. The van der Waals surface area contributed by atoms with E-state index in [9.17, 15) is 8.60 Å². The minimum absolute atomic E-state index is 0.0693. The van der Waals surface area contributed by atoms with Crippen molar-refractivity contribution in [2.45, 2.75) is 17.9 Å². The third-order valence-corrected chi connectivity index (χ3v) is 4.68. The van der Waals surface area contributed by atoms with Gasteiger partial charge in [-0.1, -0.05) is 12.1 Å². The smallest absolute Gasteiger partial charge is 0.137 e. The van der Waals surface area contributed by atoms with E-state index in [2.05, 4.69) is 15.9 Å². The van der Waals surface area contributed by atoms with Gasteiger partial charge in [-0.05, 0) is 34.5 Å². The van der Waals surface area contributed by atoms with Gasteiger partial charge >= 0.3 is 0 Å². The van der Waals surface area contributed by atoms with Crippen molar-refractivity contribution < 1.29 is 8.60 Å². The number of halogens is 2. The van der Waals surface area contributed by atoms with Crippen LogP contribution in [0.25, 0.3) is 0 Å². The number of hydrogen-bond acceptors (Lipinski definition) is 2. The van der Waals surface area contributed by atoms with Crippen molar-refractivity contribution >= 4 is 26.7 Å². The van der Waals surface area contributed by atoms with Crippen LogP contribution in [0.4, 0.5) is 4.39 Å². The van der Waals surface area contributed by atoms with Gasteiger partial charge in [-0.25, -0.2) is 4.39 Å². The van der Waals surface area contributed by atoms with Crippen LogP contribution in [0.3, 0.4) is 0 Å². The Hall–Kier alpha value is -0.260. The second-order valence-corrected chi connectivity index (χ2v) is 5.93. The number of nitrogens with two attached hydrogens (primary N) is 1. The normalized spacial score (nSPS) is 14.9. The van der Waals surface area contributed by atoms with Crippen LogP contribution in [0.15, 0.2) is 22.7 Å². The van der Waals surface area contributed by atoms with Crippen molar-refractivity contribution in [2.24, 2.45) is 5.73 Å².